The molecule has 0 bridgehead atoms. The second-order valence-corrected chi connectivity index (χ2v) is 4.81. The maximum atomic E-state index is 5.59. The van der Waals surface area contributed by atoms with Crippen molar-refractivity contribution in [2.45, 2.75) is 33.2 Å². The van der Waals surface area contributed by atoms with Gasteiger partial charge < -0.3 is 15.8 Å². The molecule has 0 fully saturated rings. The third-order valence-corrected chi connectivity index (χ3v) is 3.27. The Morgan fingerprint density at radius 1 is 1.39 bits per heavy atom. The van der Waals surface area contributed by atoms with E-state index >= 15 is 0 Å². The number of benzene rings is 1. The molecule has 1 aromatic carbocycles. The number of nitrogens with one attached hydrogen (secondary N) is 1. The summed E-state index contributed by atoms with van der Waals surface area (Å²) in [6, 6.07) is 6.40. The maximum Gasteiger partial charge on any atom is 0.122 e. The van der Waals surface area contributed by atoms with Gasteiger partial charge in [0.1, 0.15) is 5.75 Å². The minimum absolute atomic E-state index is 0.597. The van der Waals surface area contributed by atoms with Crippen LogP contribution in [0.2, 0.25) is 0 Å². The van der Waals surface area contributed by atoms with Gasteiger partial charge >= 0.3 is 0 Å². The Balaban J connectivity index is 2.43. The number of nitrogens with two attached hydrogens (primary N) is 1. The summed E-state index contributed by atoms with van der Waals surface area (Å²) in [7, 11) is 1.72. The Morgan fingerprint density at radius 3 is 2.78 bits per heavy atom. The fourth-order valence-corrected chi connectivity index (χ4v) is 1.92. The number of hydrogen-bond acceptors (Lipinski definition) is 3. The molecule has 1 atom stereocenters. The van der Waals surface area contributed by atoms with Crippen LogP contribution < -0.4 is 15.8 Å². The molecule has 3 N–H and O–H groups in total. The molecule has 0 heterocycles. The Hall–Kier alpha value is -1.06. The third kappa shape index (κ3) is 4.67. The van der Waals surface area contributed by atoms with Crippen LogP contribution in [0.5, 0.6) is 5.75 Å². The fourth-order valence-electron chi connectivity index (χ4n) is 1.92. The first kappa shape index (κ1) is 15.0. The molecule has 1 rings (SSSR count). The highest BCUT2D eigenvalue weighted by atomic mass is 16.5. The normalized spacial score (nSPS) is 12.4. The molecule has 3 nitrogen and oxygen atoms in total. The molecule has 1 unspecified atom stereocenters. The first-order valence-electron chi connectivity index (χ1n) is 6.77. The summed E-state index contributed by atoms with van der Waals surface area (Å²) >= 11 is 0. The Bertz CT molecular complexity index is 352. The molecule has 1 aromatic rings. The average molecular weight is 250 g/mol. The molecule has 0 aliphatic carbocycles. The predicted octanol–water partition coefficient (Wildman–Crippen LogP) is 2.33. The van der Waals surface area contributed by atoms with E-state index in [2.05, 4.69) is 37.4 Å². The van der Waals surface area contributed by atoms with E-state index in [-0.39, 0.29) is 0 Å². The van der Waals surface area contributed by atoms with Crippen LogP contribution in [0, 0.1) is 5.92 Å². The lowest BCUT2D eigenvalue weighted by atomic mass is 10.1. The standard InChI is InChI=1S/C15H26N2O/c1-4-14-9-13(5-6-15(14)18-3)11-17-8-7-12(2)10-16/h5-6,9,12,17H,4,7-8,10-11,16H2,1-3H3. The van der Waals surface area contributed by atoms with Crippen molar-refractivity contribution < 1.29 is 4.74 Å². The smallest absolute Gasteiger partial charge is 0.122 e. The molecule has 18 heavy (non-hydrogen) atoms. The lowest BCUT2D eigenvalue weighted by molar-refractivity contribution is 0.410. The van der Waals surface area contributed by atoms with E-state index in [1.807, 2.05) is 0 Å². The zero-order valence-electron chi connectivity index (χ0n) is 11.8. The van der Waals surface area contributed by atoms with Crippen molar-refractivity contribution in [1.29, 1.82) is 0 Å². The van der Waals surface area contributed by atoms with Crippen molar-refractivity contribution in [2.24, 2.45) is 11.7 Å². The summed E-state index contributed by atoms with van der Waals surface area (Å²) in [4.78, 5) is 0. The molecular weight excluding hydrogens is 224 g/mol. The molecule has 0 aromatic heterocycles. The lowest BCUT2D eigenvalue weighted by Gasteiger charge is -2.11. The van der Waals surface area contributed by atoms with Gasteiger partial charge in [-0.2, -0.15) is 0 Å². The highest BCUT2D eigenvalue weighted by molar-refractivity contribution is 5.37. The van der Waals surface area contributed by atoms with Gasteiger partial charge in [0.2, 0.25) is 0 Å². The summed E-state index contributed by atoms with van der Waals surface area (Å²) in [6.07, 6.45) is 2.13. The number of methoxy groups -OCH3 is 1. The molecule has 0 aliphatic rings. The number of hydrogen-bond donors (Lipinski definition) is 2. The van der Waals surface area contributed by atoms with Crippen molar-refractivity contribution in [2.75, 3.05) is 20.2 Å². The van der Waals surface area contributed by atoms with Gasteiger partial charge in [-0.15, -0.1) is 0 Å². The summed E-state index contributed by atoms with van der Waals surface area (Å²) in [6.45, 7) is 7.03. The topological polar surface area (TPSA) is 47.3 Å². The molecule has 0 spiro atoms. The van der Waals surface area contributed by atoms with Gasteiger partial charge in [0.25, 0.3) is 0 Å². The highest BCUT2D eigenvalue weighted by Gasteiger charge is 2.03. The minimum Gasteiger partial charge on any atom is -0.496 e. The van der Waals surface area contributed by atoms with E-state index in [1.54, 1.807) is 7.11 Å². The van der Waals surface area contributed by atoms with Crippen LogP contribution in [0.1, 0.15) is 31.4 Å². The Morgan fingerprint density at radius 2 is 2.17 bits per heavy atom. The molecule has 0 saturated carbocycles. The van der Waals surface area contributed by atoms with Gasteiger partial charge in [0, 0.05) is 6.54 Å². The van der Waals surface area contributed by atoms with Crippen LogP contribution >= 0.6 is 0 Å². The van der Waals surface area contributed by atoms with Crippen molar-refractivity contribution in [1.82, 2.24) is 5.32 Å². The summed E-state index contributed by atoms with van der Waals surface area (Å²) in [5, 5.41) is 3.46. The zero-order valence-corrected chi connectivity index (χ0v) is 11.8. The van der Waals surface area contributed by atoms with Gasteiger partial charge in [0.15, 0.2) is 0 Å². The predicted molar refractivity (Wildman–Crippen MR) is 76.9 cm³/mol. The zero-order chi connectivity index (χ0) is 13.4. The monoisotopic (exact) mass is 250 g/mol. The maximum absolute atomic E-state index is 5.59. The molecule has 0 saturated heterocycles. The van der Waals surface area contributed by atoms with E-state index < -0.39 is 0 Å². The Kier molecular flexibility index (Phi) is 6.76. The first-order chi connectivity index (χ1) is 8.71. The SMILES string of the molecule is CCc1cc(CNCCC(C)CN)ccc1OC. The quantitative estimate of drug-likeness (QED) is 0.696. The van der Waals surface area contributed by atoms with Crippen molar-refractivity contribution in [3.05, 3.63) is 29.3 Å². The Labute approximate surface area is 111 Å². The molecule has 0 radical (unpaired) electrons. The fraction of sp³-hybridized carbons (Fsp3) is 0.600. The highest BCUT2D eigenvalue weighted by Crippen LogP contribution is 2.20. The van der Waals surface area contributed by atoms with E-state index in [4.69, 9.17) is 10.5 Å². The van der Waals surface area contributed by atoms with E-state index in [9.17, 15) is 0 Å². The van der Waals surface area contributed by atoms with Crippen molar-refractivity contribution in [3.63, 3.8) is 0 Å². The second kappa shape index (κ2) is 8.11. The summed E-state index contributed by atoms with van der Waals surface area (Å²) in [5.74, 6) is 1.58. The van der Waals surface area contributed by atoms with Crippen LogP contribution in [0.15, 0.2) is 18.2 Å². The minimum atomic E-state index is 0.597. The molecular formula is C15H26N2O. The second-order valence-electron chi connectivity index (χ2n) is 4.81. The largest absolute Gasteiger partial charge is 0.496 e. The van der Waals surface area contributed by atoms with E-state index in [1.165, 1.54) is 11.1 Å². The van der Waals surface area contributed by atoms with Crippen LogP contribution in [-0.2, 0) is 13.0 Å². The van der Waals surface area contributed by atoms with Gasteiger partial charge in [0.05, 0.1) is 7.11 Å². The first-order valence-corrected chi connectivity index (χ1v) is 6.77. The van der Waals surface area contributed by atoms with Crippen molar-refractivity contribution >= 4 is 0 Å². The average Bonchev–Trinajstić information content (AvgIpc) is 2.42. The van der Waals surface area contributed by atoms with Gasteiger partial charge in [-0.1, -0.05) is 26.0 Å². The van der Waals surface area contributed by atoms with E-state index in [0.717, 1.165) is 38.2 Å². The van der Waals surface area contributed by atoms with Gasteiger partial charge in [-0.05, 0) is 49.0 Å². The number of rotatable bonds is 8. The van der Waals surface area contributed by atoms with Crippen LogP contribution in [0.25, 0.3) is 0 Å². The molecule has 0 aliphatic heterocycles. The number of ether oxygens (including phenoxy) is 1. The summed E-state index contributed by atoms with van der Waals surface area (Å²) in [5.41, 5.74) is 8.18. The van der Waals surface area contributed by atoms with Gasteiger partial charge in [-0.25, -0.2) is 0 Å². The number of aryl methyl sites for hydroxylation is 1. The summed E-state index contributed by atoms with van der Waals surface area (Å²) < 4.78 is 5.33. The van der Waals surface area contributed by atoms with Crippen LogP contribution in [-0.4, -0.2) is 20.2 Å². The molecule has 0 amide bonds. The van der Waals surface area contributed by atoms with Crippen molar-refractivity contribution in [3.8, 4) is 5.75 Å². The van der Waals surface area contributed by atoms with Crippen LogP contribution in [0.3, 0.4) is 0 Å². The lowest BCUT2D eigenvalue weighted by Crippen LogP contribution is -2.20. The van der Waals surface area contributed by atoms with Crippen LogP contribution in [0.4, 0.5) is 0 Å². The van der Waals surface area contributed by atoms with E-state index in [0.29, 0.717) is 5.92 Å². The molecule has 102 valence electrons. The third-order valence-electron chi connectivity index (χ3n) is 3.27. The molecule has 3 heteroatoms. The van der Waals surface area contributed by atoms with Gasteiger partial charge in [-0.3, -0.25) is 0 Å².